The number of ether oxygens (including phenoxy) is 2. The van der Waals surface area contributed by atoms with Crippen molar-refractivity contribution in [3.05, 3.63) is 90.0 Å². The van der Waals surface area contributed by atoms with E-state index in [-0.39, 0.29) is 11.9 Å². The molecule has 1 unspecified atom stereocenters. The third-order valence-corrected chi connectivity index (χ3v) is 5.05. The molecule has 0 aliphatic rings. The lowest BCUT2D eigenvalue weighted by molar-refractivity contribution is -0.915. The van der Waals surface area contributed by atoms with Crippen LogP contribution in [0.2, 0.25) is 0 Å². The number of amides is 1. The zero-order valence-corrected chi connectivity index (χ0v) is 18.4. The van der Waals surface area contributed by atoms with Gasteiger partial charge in [-0.1, -0.05) is 42.5 Å². The van der Waals surface area contributed by atoms with Crippen LogP contribution in [0, 0.1) is 0 Å². The zero-order chi connectivity index (χ0) is 22.1. The first-order valence-electron chi connectivity index (χ1n) is 10.7. The quantitative estimate of drug-likeness (QED) is 0.524. The molecule has 0 saturated carbocycles. The molecule has 31 heavy (non-hydrogen) atoms. The van der Waals surface area contributed by atoms with E-state index in [1.807, 2.05) is 87.6 Å². The number of carbonyl (C=O) groups is 1. The van der Waals surface area contributed by atoms with Gasteiger partial charge in [0.1, 0.15) is 18.0 Å². The summed E-state index contributed by atoms with van der Waals surface area (Å²) in [5.74, 6) is 1.46. The lowest BCUT2D eigenvalue weighted by Gasteiger charge is -2.25. The lowest BCUT2D eigenvalue weighted by atomic mass is 10.0. The van der Waals surface area contributed by atoms with Crippen LogP contribution in [0.1, 0.15) is 31.0 Å². The maximum absolute atomic E-state index is 13.4. The molecular weight excluding hydrogens is 388 g/mol. The highest BCUT2D eigenvalue weighted by Crippen LogP contribution is 2.25. The van der Waals surface area contributed by atoms with Gasteiger partial charge in [-0.25, -0.2) is 0 Å². The Hall–Kier alpha value is -3.31. The molecule has 3 aromatic rings. The molecule has 3 aromatic carbocycles. The van der Waals surface area contributed by atoms with Crippen LogP contribution < -0.4 is 19.7 Å². The van der Waals surface area contributed by atoms with Crippen LogP contribution in [-0.2, 0) is 11.3 Å². The molecule has 3 rings (SSSR count). The molecule has 162 valence electrons. The molecule has 2 N–H and O–H groups in total. The van der Waals surface area contributed by atoms with E-state index in [1.54, 1.807) is 0 Å². The Labute approximate surface area is 184 Å². The number of hydrogen-bond acceptors (Lipinski definition) is 3. The topological polar surface area (TPSA) is 52.0 Å². The number of quaternary nitrogens is 1. The molecule has 0 saturated heterocycles. The highest BCUT2D eigenvalue weighted by atomic mass is 16.5. The van der Waals surface area contributed by atoms with Crippen LogP contribution in [0.15, 0.2) is 78.9 Å². The average Bonchev–Trinajstić information content (AvgIpc) is 2.78. The highest BCUT2D eigenvalue weighted by Gasteiger charge is 2.29. The van der Waals surface area contributed by atoms with Gasteiger partial charge in [-0.05, 0) is 50.2 Å². The van der Waals surface area contributed by atoms with Crippen LogP contribution in [0.25, 0.3) is 0 Å². The largest absolute Gasteiger partial charge is 0.494 e. The number of para-hydroxylation sites is 2. The summed E-state index contributed by atoms with van der Waals surface area (Å²) in [6.45, 7) is 5.78. The van der Waals surface area contributed by atoms with Gasteiger partial charge in [-0.2, -0.15) is 0 Å². The molecule has 5 heteroatoms. The van der Waals surface area contributed by atoms with Gasteiger partial charge in [0.05, 0.1) is 25.9 Å². The Morgan fingerprint density at radius 2 is 1.52 bits per heavy atom. The number of carbonyl (C=O) groups excluding carboxylic acids is 1. The Kier molecular flexibility index (Phi) is 8.07. The summed E-state index contributed by atoms with van der Waals surface area (Å²) in [5.41, 5.74) is 2.80. The Bertz CT molecular complexity index is 958. The van der Waals surface area contributed by atoms with Gasteiger partial charge in [0, 0.05) is 11.1 Å². The third kappa shape index (κ3) is 6.09. The summed E-state index contributed by atoms with van der Waals surface area (Å²) >= 11 is 0. The molecule has 0 fully saturated rings. The van der Waals surface area contributed by atoms with Gasteiger partial charge in [-0.3, -0.25) is 4.79 Å². The van der Waals surface area contributed by atoms with Crippen LogP contribution in [0.4, 0.5) is 5.69 Å². The Morgan fingerprint density at radius 1 is 0.871 bits per heavy atom. The summed E-state index contributed by atoms with van der Waals surface area (Å²) in [7, 11) is 2.04. The SMILES string of the molecule is CCOc1ccc(C[NH+](C)[C@H](C(=O)Nc2ccccc2OCC)c2ccccc2)cc1. The predicted octanol–water partition coefficient (Wildman–Crippen LogP) is 3.88. The summed E-state index contributed by atoms with van der Waals surface area (Å²) < 4.78 is 11.2. The zero-order valence-electron chi connectivity index (χ0n) is 18.4. The number of benzene rings is 3. The molecule has 0 aliphatic heterocycles. The van der Waals surface area contributed by atoms with Gasteiger partial charge >= 0.3 is 0 Å². The maximum Gasteiger partial charge on any atom is 0.287 e. The molecule has 0 radical (unpaired) electrons. The minimum Gasteiger partial charge on any atom is -0.494 e. The van der Waals surface area contributed by atoms with E-state index in [0.717, 1.165) is 21.8 Å². The third-order valence-electron chi connectivity index (χ3n) is 5.05. The number of likely N-dealkylation sites (N-methyl/N-ethyl adjacent to an activating group) is 1. The molecule has 2 atom stereocenters. The molecule has 0 aromatic heterocycles. The molecular formula is C26H31N2O3+. The van der Waals surface area contributed by atoms with Gasteiger partial charge < -0.3 is 19.7 Å². The van der Waals surface area contributed by atoms with Crippen LogP contribution in [0.5, 0.6) is 11.5 Å². The highest BCUT2D eigenvalue weighted by molar-refractivity contribution is 5.95. The van der Waals surface area contributed by atoms with Gasteiger partial charge in [0.2, 0.25) is 0 Å². The number of anilines is 1. The van der Waals surface area contributed by atoms with E-state index >= 15 is 0 Å². The van der Waals surface area contributed by atoms with Crippen molar-refractivity contribution in [2.45, 2.75) is 26.4 Å². The molecule has 0 aliphatic carbocycles. The minimum absolute atomic E-state index is 0.0678. The lowest BCUT2D eigenvalue weighted by Crippen LogP contribution is -3.09. The first kappa shape index (κ1) is 22.4. The van der Waals surface area contributed by atoms with E-state index in [1.165, 1.54) is 0 Å². The van der Waals surface area contributed by atoms with E-state index in [9.17, 15) is 4.79 Å². The molecule has 0 spiro atoms. The fourth-order valence-corrected chi connectivity index (χ4v) is 3.66. The summed E-state index contributed by atoms with van der Waals surface area (Å²) in [6, 6.07) is 25.1. The molecule has 0 bridgehead atoms. The van der Waals surface area contributed by atoms with Gasteiger partial charge in [0.15, 0.2) is 6.04 Å². The van der Waals surface area contributed by atoms with Crippen molar-refractivity contribution >= 4 is 11.6 Å². The average molecular weight is 420 g/mol. The fraction of sp³-hybridized carbons (Fsp3) is 0.269. The Morgan fingerprint density at radius 3 is 2.19 bits per heavy atom. The van der Waals surface area contributed by atoms with Gasteiger partial charge in [0.25, 0.3) is 5.91 Å². The second kappa shape index (κ2) is 11.2. The summed E-state index contributed by atoms with van der Waals surface area (Å²) in [6.07, 6.45) is 0. The number of hydrogen-bond donors (Lipinski definition) is 2. The van der Waals surface area contributed by atoms with Crippen molar-refractivity contribution in [3.8, 4) is 11.5 Å². The molecule has 1 amide bonds. The van der Waals surface area contributed by atoms with Crippen LogP contribution in [0.3, 0.4) is 0 Å². The fourth-order valence-electron chi connectivity index (χ4n) is 3.66. The predicted molar refractivity (Wildman–Crippen MR) is 124 cm³/mol. The minimum atomic E-state index is -0.373. The maximum atomic E-state index is 13.4. The van der Waals surface area contributed by atoms with Crippen molar-refractivity contribution in [3.63, 3.8) is 0 Å². The summed E-state index contributed by atoms with van der Waals surface area (Å²) in [4.78, 5) is 14.5. The van der Waals surface area contributed by atoms with E-state index in [0.29, 0.717) is 31.2 Å². The first-order valence-corrected chi connectivity index (χ1v) is 10.7. The van der Waals surface area contributed by atoms with E-state index in [4.69, 9.17) is 9.47 Å². The normalized spacial score (nSPS) is 12.6. The monoisotopic (exact) mass is 419 g/mol. The van der Waals surface area contributed by atoms with E-state index in [2.05, 4.69) is 17.4 Å². The summed E-state index contributed by atoms with van der Waals surface area (Å²) in [5, 5.41) is 3.08. The van der Waals surface area contributed by atoms with Crippen LogP contribution in [-0.4, -0.2) is 26.2 Å². The number of nitrogens with one attached hydrogen (secondary N) is 2. The van der Waals surface area contributed by atoms with Crippen LogP contribution >= 0.6 is 0 Å². The Balaban J connectivity index is 1.82. The van der Waals surface area contributed by atoms with Crippen molar-refractivity contribution in [2.75, 3.05) is 25.6 Å². The van der Waals surface area contributed by atoms with Crippen molar-refractivity contribution in [1.82, 2.24) is 0 Å². The van der Waals surface area contributed by atoms with Crippen molar-refractivity contribution in [2.24, 2.45) is 0 Å². The van der Waals surface area contributed by atoms with Gasteiger partial charge in [-0.15, -0.1) is 0 Å². The van der Waals surface area contributed by atoms with Crippen molar-refractivity contribution in [1.29, 1.82) is 0 Å². The first-order chi connectivity index (χ1) is 15.1. The van der Waals surface area contributed by atoms with Crippen molar-refractivity contribution < 1.29 is 19.2 Å². The second-order valence-electron chi connectivity index (χ2n) is 7.36. The van der Waals surface area contributed by atoms with E-state index < -0.39 is 0 Å². The molecule has 0 heterocycles. The second-order valence-corrected chi connectivity index (χ2v) is 7.36. The molecule has 5 nitrogen and oxygen atoms in total. The number of rotatable bonds is 10. The standard InChI is InChI=1S/C26H30N2O3/c1-4-30-22-17-15-20(16-18-22)19-28(3)25(21-11-7-6-8-12-21)26(29)27-23-13-9-10-14-24(23)31-5-2/h6-18,25H,4-5,19H2,1-3H3,(H,27,29)/p+1/t25-/m0/s1. The smallest absolute Gasteiger partial charge is 0.287 e.